The van der Waals surface area contributed by atoms with Crippen molar-refractivity contribution in [2.45, 2.75) is 53.0 Å². The Morgan fingerprint density at radius 3 is 2.24 bits per heavy atom. The maximum atomic E-state index is 5.33. The van der Waals surface area contributed by atoms with Gasteiger partial charge < -0.3 is 9.64 Å². The lowest BCUT2D eigenvalue weighted by Gasteiger charge is -2.37. The number of methoxy groups -OCH3 is 1. The summed E-state index contributed by atoms with van der Waals surface area (Å²) in [7, 11) is 1.70. The van der Waals surface area contributed by atoms with E-state index in [1.165, 1.54) is 33.8 Å². The SMILES string of the molecule is COc1ccc(-c2cc(CCCN3CCN(c4ccc(C)cc4C)CC3)nn2C(C)(C)C)cc1. The minimum absolute atomic E-state index is 0.0715. The maximum Gasteiger partial charge on any atom is 0.118 e. The minimum atomic E-state index is -0.0715. The second kappa shape index (κ2) is 10.2. The molecule has 4 rings (SSSR count). The van der Waals surface area contributed by atoms with Crippen LogP contribution >= 0.6 is 0 Å². The molecule has 5 heteroatoms. The number of hydrogen-bond acceptors (Lipinski definition) is 4. The van der Waals surface area contributed by atoms with Gasteiger partial charge in [-0.3, -0.25) is 9.58 Å². The van der Waals surface area contributed by atoms with E-state index < -0.39 is 0 Å². The zero-order valence-corrected chi connectivity index (χ0v) is 21.8. The molecule has 3 aromatic rings. The summed E-state index contributed by atoms with van der Waals surface area (Å²) in [5, 5.41) is 5.01. The predicted octanol–water partition coefficient (Wildman–Crippen LogP) is 5.69. The number of benzene rings is 2. The lowest BCUT2D eigenvalue weighted by Crippen LogP contribution is -2.46. The second-order valence-electron chi connectivity index (χ2n) is 10.6. The van der Waals surface area contributed by atoms with Gasteiger partial charge in [-0.2, -0.15) is 5.10 Å². The Morgan fingerprint density at radius 1 is 0.912 bits per heavy atom. The Bertz CT molecular complexity index is 1090. The molecule has 0 aliphatic carbocycles. The number of ether oxygens (including phenoxy) is 1. The molecule has 5 nitrogen and oxygen atoms in total. The summed E-state index contributed by atoms with van der Waals surface area (Å²) >= 11 is 0. The van der Waals surface area contributed by atoms with Gasteiger partial charge in [-0.1, -0.05) is 17.7 Å². The quantitative estimate of drug-likeness (QED) is 0.454. The van der Waals surface area contributed by atoms with Crippen LogP contribution in [0.15, 0.2) is 48.5 Å². The van der Waals surface area contributed by atoms with Crippen molar-refractivity contribution in [3.05, 3.63) is 65.4 Å². The first-order valence-electron chi connectivity index (χ1n) is 12.5. The molecule has 0 unspecified atom stereocenters. The van der Waals surface area contributed by atoms with E-state index in [1.54, 1.807) is 7.11 Å². The van der Waals surface area contributed by atoms with Crippen LogP contribution in [0.3, 0.4) is 0 Å². The van der Waals surface area contributed by atoms with Gasteiger partial charge in [-0.05, 0) is 96.0 Å². The van der Waals surface area contributed by atoms with Gasteiger partial charge in [0.05, 0.1) is 24.0 Å². The highest BCUT2D eigenvalue weighted by atomic mass is 16.5. The lowest BCUT2D eigenvalue weighted by molar-refractivity contribution is 0.254. The van der Waals surface area contributed by atoms with Gasteiger partial charge in [0.25, 0.3) is 0 Å². The molecular formula is C29H40N4O. The molecular weight excluding hydrogens is 420 g/mol. The number of aryl methyl sites for hydroxylation is 3. The molecule has 0 spiro atoms. The average Bonchev–Trinajstić information content (AvgIpc) is 3.25. The molecule has 1 fully saturated rings. The average molecular weight is 461 g/mol. The first kappa shape index (κ1) is 24.3. The zero-order chi connectivity index (χ0) is 24.3. The monoisotopic (exact) mass is 460 g/mol. The standard InChI is InChI=1S/C29H40N4O/c1-22-9-14-27(23(2)20-22)32-18-16-31(17-19-32)15-7-8-25-21-28(33(30-25)29(3,4)5)24-10-12-26(34-6)13-11-24/h9-14,20-21H,7-8,15-19H2,1-6H3. The maximum absolute atomic E-state index is 5.33. The summed E-state index contributed by atoms with van der Waals surface area (Å²) in [5.74, 6) is 0.878. The van der Waals surface area contributed by atoms with Crippen molar-refractivity contribution in [1.82, 2.24) is 14.7 Å². The van der Waals surface area contributed by atoms with Gasteiger partial charge in [0, 0.05) is 37.4 Å². The van der Waals surface area contributed by atoms with Crippen LogP contribution in [0.1, 0.15) is 44.0 Å². The van der Waals surface area contributed by atoms with Crippen LogP contribution < -0.4 is 9.64 Å². The van der Waals surface area contributed by atoms with E-state index in [2.05, 4.69) is 85.5 Å². The topological polar surface area (TPSA) is 33.5 Å². The Morgan fingerprint density at radius 2 is 1.62 bits per heavy atom. The zero-order valence-electron chi connectivity index (χ0n) is 21.8. The molecule has 1 aliphatic rings. The fraction of sp³-hybridized carbons (Fsp3) is 0.483. The van der Waals surface area contributed by atoms with Crippen LogP contribution in [0.5, 0.6) is 5.75 Å². The van der Waals surface area contributed by atoms with Crippen LogP contribution in [-0.2, 0) is 12.0 Å². The highest BCUT2D eigenvalue weighted by molar-refractivity contribution is 5.61. The van der Waals surface area contributed by atoms with Crippen LogP contribution in [0.4, 0.5) is 5.69 Å². The van der Waals surface area contributed by atoms with Gasteiger partial charge in [0.2, 0.25) is 0 Å². The molecule has 1 saturated heterocycles. The highest BCUT2D eigenvalue weighted by Gasteiger charge is 2.22. The highest BCUT2D eigenvalue weighted by Crippen LogP contribution is 2.29. The molecule has 2 aromatic carbocycles. The number of aromatic nitrogens is 2. The Balaban J connectivity index is 1.34. The van der Waals surface area contributed by atoms with Crippen LogP contribution in [0.2, 0.25) is 0 Å². The smallest absolute Gasteiger partial charge is 0.118 e. The fourth-order valence-electron chi connectivity index (χ4n) is 4.89. The Hall–Kier alpha value is -2.79. The number of rotatable bonds is 7. The molecule has 34 heavy (non-hydrogen) atoms. The summed E-state index contributed by atoms with van der Waals surface area (Å²) in [6, 6.07) is 17.4. The van der Waals surface area contributed by atoms with E-state index >= 15 is 0 Å². The molecule has 1 aromatic heterocycles. The number of hydrogen-bond donors (Lipinski definition) is 0. The minimum Gasteiger partial charge on any atom is -0.497 e. The Labute approximate surface area is 205 Å². The van der Waals surface area contributed by atoms with Crippen molar-refractivity contribution in [2.75, 3.05) is 44.7 Å². The normalized spacial score (nSPS) is 15.1. The summed E-state index contributed by atoms with van der Waals surface area (Å²) in [5.41, 5.74) is 7.57. The van der Waals surface area contributed by atoms with Gasteiger partial charge >= 0.3 is 0 Å². The summed E-state index contributed by atoms with van der Waals surface area (Å²) in [4.78, 5) is 5.14. The van der Waals surface area contributed by atoms with E-state index in [9.17, 15) is 0 Å². The predicted molar refractivity (Wildman–Crippen MR) is 142 cm³/mol. The Kier molecular flexibility index (Phi) is 7.32. The van der Waals surface area contributed by atoms with E-state index in [0.717, 1.165) is 51.3 Å². The molecule has 0 atom stereocenters. The van der Waals surface area contributed by atoms with Gasteiger partial charge in [-0.25, -0.2) is 0 Å². The molecule has 182 valence electrons. The molecule has 0 bridgehead atoms. The second-order valence-corrected chi connectivity index (χ2v) is 10.6. The molecule has 0 N–H and O–H groups in total. The fourth-order valence-corrected chi connectivity index (χ4v) is 4.89. The van der Waals surface area contributed by atoms with E-state index in [0.29, 0.717) is 0 Å². The third-order valence-electron chi connectivity index (χ3n) is 6.75. The van der Waals surface area contributed by atoms with Gasteiger partial charge in [0.15, 0.2) is 0 Å². The van der Waals surface area contributed by atoms with Gasteiger partial charge in [0.1, 0.15) is 5.75 Å². The van der Waals surface area contributed by atoms with E-state index in [4.69, 9.17) is 9.84 Å². The molecule has 0 amide bonds. The van der Waals surface area contributed by atoms with Crippen molar-refractivity contribution in [3.8, 4) is 17.0 Å². The van der Waals surface area contributed by atoms with Crippen LogP contribution in [-0.4, -0.2) is 54.5 Å². The van der Waals surface area contributed by atoms with Gasteiger partial charge in [-0.15, -0.1) is 0 Å². The van der Waals surface area contributed by atoms with E-state index in [-0.39, 0.29) is 5.54 Å². The molecule has 2 heterocycles. The third-order valence-corrected chi connectivity index (χ3v) is 6.75. The van der Waals surface area contributed by atoms with Crippen molar-refractivity contribution in [1.29, 1.82) is 0 Å². The summed E-state index contributed by atoms with van der Waals surface area (Å²) in [6.45, 7) is 16.6. The summed E-state index contributed by atoms with van der Waals surface area (Å²) < 4.78 is 7.50. The summed E-state index contributed by atoms with van der Waals surface area (Å²) in [6.07, 6.45) is 2.14. The van der Waals surface area contributed by atoms with Crippen LogP contribution in [0, 0.1) is 13.8 Å². The molecule has 0 radical (unpaired) electrons. The molecule has 0 saturated carbocycles. The van der Waals surface area contributed by atoms with Crippen molar-refractivity contribution < 1.29 is 4.74 Å². The van der Waals surface area contributed by atoms with Crippen LogP contribution in [0.25, 0.3) is 11.3 Å². The molecule has 1 aliphatic heterocycles. The number of anilines is 1. The lowest BCUT2D eigenvalue weighted by atomic mass is 10.1. The van der Waals surface area contributed by atoms with Crippen molar-refractivity contribution >= 4 is 5.69 Å². The largest absolute Gasteiger partial charge is 0.497 e. The number of piperazine rings is 1. The number of nitrogens with zero attached hydrogens (tertiary/aromatic N) is 4. The van der Waals surface area contributed by atoms with E-state index in [1.807, 2.05) is 12.1 Å². The first-order chi connectivity index (χ1) is 16.2. The van der Waals surface area contributed by atoms with Crippen molar-refractivity contribution in [2.24, 2.45) is 0 Å². The van der Waals surface area contributed by atoms with Crippen molar-refractivity contribution in [3.63, 3.8) is 0 Å². The first-order valence-corrected chi connectivity index (χ1v) is 12.5. The third kappa shape index (κ3) is 5.64.